The third kappa shape index (κ3) is 4.30. The highest BCUT2D eigenvalue weighted by Gasteiger charge is 2.23. The molecule has 30 heavy (non-hydrogen) atoms. The minimum atomic E-state index is -3.88. The van der Waals surface area contributed by atoms with E-state index in [0.717, 1.165) is 5.56 Å². The van der Waals surface area contributed by atoms with E-state index >= 15 is 0 Å². The van der Waals surface area contributed by atoms with E-state index in [2.05, 4.69) is 20.2 Å². The van der Waals surface area contributed by atoms with Crippen molar-refractivity contribution in [2.75, 3.05) is 13.3 Å². The van der Waals surface area contributed by atoms with Crippen molar-refractivity contribution >= 4 is 27.3 Å². The zero-order chi connectivity index (χ0) is 21.3. The lowest BCUT2D eigenvalue weighted by atomic mass is 10.2. The number of amides is 1. The summed E-state index contributed by atoms with van der Waals surface area (Å²) in [6.45, 7) is 3.34. The second kappa shape index (κ2) is 8.05. The van der Waals surface area contributed by atoms with Crippen molar-refractivity contribution in [1.29, 1.82) is 0 Å². The Hall–Kier alpha value is -2.96. The van der Waals surface area contributed by atoms with Crippen molar-refractivity contribution in [2.45, 2.75) is 25.3 Å². The minimum Gasteiger partial charge on any atom is -0.454 e. The molecule has 0 saturated carbocycles. The SMILES string of the molecule is Cc1nc(-c2cc(S(=O)(=O)NCC(=O)NCc3ccc4c(c3)OCO4)c(C)s2)no1. The topological polar surface area (TPSA) is 133 Å². The van der Waals surface area contributed by atoms with Crippen LogP contribution in [0.4, 0.5) is 0 Å². The van der Waals surface area contributed by atoms with Crippen molar-refractivity contribution in [3.63, 3.8) is 0 Å². The van der Waals surface area contributed by atoms with Crippen molar-refractivity contribution in [1.82, 2.24) is 20.2 Å². The molecule has 0 atom stereocenters. The normalized spacial score (nSPS) is 12.9. The Balaban J connectivity index is 1.36. The first-order chi connectivity index (χ1) is 14.3. The van der Waals surface area contributed by atoms with Gasteiger partial charge in [-0.25, -0.2) is 13.1 Å². The zero-order valence-electron chi connectivity index (χ0n) is 16.1. The molecule has 158 valence electrons. The molecule has 10 nitrogen and oxygen atoms in total. The number of aromatic nitrogens is 2. The number of nitrogens with zero attached hydrogens (tertiary/aromatic N) is 2. The van der Waals surface area contributed by atoms with E-state index in [0.29, 0.717) is 33.0 Å². The molecule has 0 radical (unpaired) electrons. The second-order valence-electron chi connectivity index (χ2n) is 6.46. The lowest BCUT2D eigenvalue weighted by molar-refractivity contribution is -0.120. The fourth-order valence-corrected chi connectivity index (χ4v) is 5.29. The molecule has 12 heteroatoms. The highest BCUT2D eigenvalue weighted by molar-refractivity contribution is 7.89. The monoisotopic (exact) mass is 450 g/mol. The van der Waals surface area contributed by atoms with Gasteiger partial charge in [0.2, 0.25) is 34.4 Å². The lowest BCUT2D eigenvalue weighted by Gasteiger charge is -2.08. The first-order valence-electron chi connectivity index (χ1n) is 8.88. The molecule has 0 unspecified atom stereocenters. The number of hydrogen-bond donors (Lipinski definition) is 2. The molecule has 3 heterocycles. The Morgan fingerprint density at radius 3 is 2.77 bits per heavy atom. The van der Waals surface area contributed by atoms with Crippen LogP contribution < -0.4 is 19.5 Å². The van der Waals surface area contributed by atoms with Crippen LogP contribution in [-0.4, -0.2) is 37.8 Å². The molecular formula is C18H18N4O6S2. The number of fused-ring (bicyclic) bond motifs is 1. The molecular weight excluding hydrogens is 432 g/mol. The summed E-state index contributed by atoms with van der Waals surface area (Å²) in [5.41, 5.74) is 0.809. The molecule has 0 saturated heterocycles. The third-order valence-corrected chi connectivity index (χ3v) is 6.96. The molecule has 4 rings (SSSR count). The van der Waals surface area contributed by atoms with Crippen LogP contribution in [0.5, 0.6) is 11.5 Å². The van der Waals surface area contributed by atoms with Gasteiger partial charge in [-0.1, -0.05) is 11.2 Å². The fraction of sp³-hybridized carbons (Fsp3) is 0.278. The maximum atomic E-state index is 12.6. The van der Waals surface area contributed by atoms with Crippen LogP contribution >= 0.6 is 11.3 Å². The van der Waals surface area contributed by atoms with E-state index < -0.39 is 22.5 Å². The smallest absolute Gasteiger partial charge is 0.242 e. The van der Waals surface area contributed by atoms with Gasteiger partial charge in [-0.3, -0.25) is 4.79 Å². The van der Waals surface area contributed by atoms with Gasteiger partial charge in [-0.2, -0.15) is 4.98 Å². The molecule has 1 aliphatic heterocycles. The number of aryl methyl sites for hydroxylation is 2. The van der Waals surface area contributed by atoms with Crippen LogP contribution in [-0.2, 0) is 21.4 Å². The number of nitrogens with one attached hydrogen (secondary N) is 2. The standard InChI is InChI=1S/C18H18N4O6S2/c1-10-16(6-15(29-10)18-21-11(2)28-22-18)30(24,25)20-8-17(23)19-7-12-3-4-13-14(5-12)27-9-26-13/h3-6,20H,7-9H2,1-2H3,(H,19,23). The predicted octanol–water partition coefficient (Wildman–Crippen LogP) is 1.74. The average molecular weight is 450 g/mol. The first kappa shape index (κ1) is 20.3. The summed E-state index contributed by atoms with van der Waals surface area (Å²) in [7, 11) is -3.88. The highest BCUT2D eigenvalue weighted by Crippen LogP contribution is 2.33. The number of rotatable bonds is 7. The molecule has 1 amide bonds. The van der Waals surface area contributed by atoms with Gasteiger partial charge in [0, 0.05) is 18.3 Å². The van der Waals surface area contributed by atoms with E-state index in [9.17, 15) is 13.2 Å². The second-order valence-corrected chi connectivity index (χ2v) is 9.45. The summed E-state index contributed by atoms with van der Waals surface area (Å²) in [6, 6.07) is 6.79. The Bertz CT molecular complexity index is 1200. The van der Waals surface area contributed by atoms with Crippen LogP contribution in [0.15, 0.2) is 33.7 Å². The van der Waals surface area contributed by atoms with Crippen molar-refractivity contribution in [2.24, 2.45) is 0 Å². The molecule has 0 bridgehead atoms. The van der Waals surface area contributed by atoms with Crippen LogP contribution in [0.1, 0.15) is 16.3 Å². The average Bonchev–Trinajstić information content (AvgIpc) is 3.44. The van der Waals surface area contributed by atoms with Gasteiger partial charge >= 0.3 is 0 Å². The van der Waals surface area contributed by atoms with Crippen LogP contribution in [0, 0.1) is 13.8 Å². The van der Waals surface area contributed by atoms with Gasteiger partial charge in [0.1, 0.15) is 0 Å². The largest absolute Gasteiger partial charge is 0.454 e. The van der Waals surface area contributed by atoms with Crippen LogP contribution in [0.25, 0.3) is 10.7 Å². The van der Waals surface area contributed by atoms with Gasteiger partial charge in [0.05, 0.1) is 16.3 Å². The molecule has 0 aliphatic carbocycles. The number of sulfonamides is 1. The fourth-order valence-electron chi connectivity index (χ4n) is 2.79. The molecule has 1 aromatic carbocycles. The van der Waals surface area contributed by atoms with Crippen molar-refractivity contribution in [3.8, 4) is 22.2 Å². The van der Waals surface area contributed by atoms with Gasteiger partial charge in [-0.15, -0.1) is 11.3 Å². The number of carbonyl (C=O) groups is 1. The van der Waals surface area contributed by atoms with E-state index in [1.165, 1.54) is 17.4 Å². The Morgan fingerprint density at radius 1 is 1.20 bits per heavy atom. The maximum absolute atomic E-state index is 12.6. The first-order valence-corrected chi connectivity index (χ1v) is 11.2. The number of thiophene rings is 1. The van der Waals surface area contributed by atoms with E-state index in [4.69, 9.17) is 14.0 Å². The molecule has 0 spiro atoms. The predicted molar refractivity (Wildman–Crippen MR) is 107 cm³/mol. The van der Waals surface area contributed by atoms with Gasteiger partial charge in [0.15, 0.2) is 11.5 Å². The van der Waals surface area contributed by atoms with Gasteiger partial charge in [-0.05, 0) is 30.7 Å². The van der Waals surface area contributed by atoms with Crippen molar-refractivity contribution < 1.29 is 27.2 Å². The summed E-state index contributed by atoms with van der Waals surface area (Å²) < 4.78 is 43.0. The maximum Gasteiger partial charge on any atom is 0.242 e. The Kier molecular flexibility index (Phi) is 5.45. The summed E-state index contributed by atoms with van der Waals surface area (Å²) in [4.78, 5) is 17.4. The summed E-state index contributed by atoms with van der Waals surface area (Å²) in [6.07, 6.45) is 0. The highest BCUT2D eigenvalue weighted by atomic mass is 32.2. The summed E-state index contributed by atoms with van der Waals surface area (Å²) in [5.74, 6) is 1.52. The zero-order valence-corrected chi connectivity index (χ0v) is 17.7. The minimum absolute atomic E-state index is 0.0773. The molecule has 2 aromatic heterocycles. The van der Waals surface area contributed by atoms with Gasteiger partial charge < -0.3 is 19.3 Å². The summed E-state index contributed by atoms with van der Waals surface area (Å²) in [5, 5.41) is 6.47. The number of ether oxygens (including phenoxy) is 2. The van der Waals surface area contributed by atoms with E-state index in [1.54, 1.807) is 32.0 Å². The third-order valence-electron chi connectivity index (χ3n) is 4.26. The van der Waals surface area contributed by atoms with Crippen molar-refractivity contribution in [3.05, 3.63) is 40.6 Å². The molecule has 0 fully saturated rings. The summed E-state index contributed by atoms with van der Waals surface area (Å²) >= 11 is 1.23. The quantitative estimate of drug-likeness (QED) is 0.556. The van der Waals surface area contributed by atoms with E-state index in [-0.39, 0.29) is 18.2 Å². The Labute approximate surface area is 176 Å². The van der Waals surface area contributed by atoms with Crippen LogP contribution in [0.3, 0.4) is 0 Å². The number of benzene rings is 1. The Morgan fingerprint density at radius 2 is 2.00 bits per heavy atom. The number of carbonyl (C=O) groups excluding carboxylic acids is 1. The van der Waals surface area contributed by atoms with E-state index in [1.807, 2.05) is 0 Å². The lowest BCUT2D eigenvalue weighted by Crippen LogP contribution is -2.36. The molecule has 3 aromatic rings. The molecule has 1 aliphatic rings. The number of hydrogen-bond acceptors (Lipinski definition) is 9. The van der Waals surface area contributed by atoms with Gasteiger partial charge in [0.25, 0.3) is 0 Å². The molecule has 2 N–H and O–H groups in total. The van der Waals surface area contributed by atoms with Crippen LogP contribution in [0.2, 0.25) is 0 Å².